The van der Waals surface area contributed by atoms with Crippen LogP contribution in [-0.4, -0.2) is 9.90 Å². The van der Waals surface area contributed by atoms with E-state index < -0.39 is 0 Å². The first kappa shape index (κ1) is 15.4. The topological polar surface area (TPSA) is 41.6 Å². The molecule has 1 unspecified atom stereocenters. The molecule has 0 radical (unpaired) electrons. The number of phenols is 1. The van der Waals surface area contributed by atoms with Crippen LogP contribution >= 0.6 is 11.3 Å². The van der Waals surface area contributed by atoms with Crippen LogP contribution in [0.25, 0.3) is 21.2 Å². The summed E-state index contributed by atoms with van der Waals surface area (Å²) in [6.45, 7) is 2.25. The number of aromatic hydroxyl groups is 1. The van der Waals surface area contributed by atoms with Gasteiger partial charge in [0.05, 0.1) is 10.9 Å². The van der Waals surface area contributed by atoms with Crippen molar-refractivity contribution < 1.29 is 9.90 Å². The zero-order valence-electron chi connectivity index (χ0n) is 13.7. The van der Waals surface area contributed by atoms with Crippen LogP contribution in [0.1, 0.15) is 30.2 Å². The third kappa shape index (κ3) is 2.63. The Hall–Kier alpha value is -2.13. The van der Waals surface area contributed by atoms with Crippen molar-refractivity contribution in [1.29, 1.82) is 0 Å². The molecule has 3 aromatic rings. The SMILES string of the molecule is CCC1CCc2c(sc3cc(-c4ccc(O)cc4)ccc3c2=[OH+])C1. The van der Waals surface area contributed by atoms with Gasteiger partial charge in [0, 0.05) is 9.58 Å². The van der Waals surface area contributed by atoms with Gasteiger partial charge in [-0.15, -0.1) is 11.3 Å². The first-order chi connectivity index (χ1) is 11.7. The van der Waals surface area contributed by atoms with E-state index in [-0.39, 0.29) is 5.75 Å². The smallest absolute Gasteiger partial charge is 0.352 e. The van der Waals surface area contributed by atoms with E-state index in [2.05, 4.69) is 13.0 Å². The number of phenolic OH excluding ortho intramolecular Hbond substituents is 1. The molecular weight excluding hydrogens is 316 g/mol. The van der Waals surface area contributed by atoms with Gasteiger partial charge in [-0.05, 0) is 60.6 Å². The minimum atomic E-state index is 0.277. The van der Waals surface area contributed by atoms with Gasteiger partial charge in [0.25, 0.3) is 0 Å². The zero-order chi connectivity index (χ0) is 16.7. The second kappa shape index (κ2) is 6.06. The minimum absolute atomic E-state index is 0.277. The van der Waals surface area contributed by atoms with Crippen molar-refractivity contribution in [3.63, 3.8) is 0 Å². The summed E-state index contributed by atoms with van der Waals surface area (Å²) < 4.78 is 1.13. The van der Waals surface area contributed by atoms with E-state index >= 15 is 0 Å². The lowest BCUT2D eigenvalue weighted by molar-refractivity contribution is 0.441. The fourth-order valence-electron chi connectivity index (χ4n) is 3.61. The van der Waals surface area contributed by atoms with Gasteiger partial charge >= 0.3 is 5.43 Å². The zero-order valence-corrected chi connectivity index (χ0v) is 14.6. The summed E-state index contributed by atoms with van der Waals surface area (Å²) in [5, 5.41) is 10.4. The molecule has 1 aromatic heterocycles. The van der Waals surface area contributed by atoms with E-state index in [1.165, 1.54) is 17.7 Å². The van der Waals surface area contributed by atoms with E-state index in [1.807, 2.05) is 35.6 Å². The number of hydrogen-bond donors (Lipinski definition) is 1. The van der Waals surface area contributed by atoms with Crippen LogP contribution in [0.3, 0.4) is 0 Å². The molecule has 1 heterocycles. The lowest BCUT2D eigenvalue weighted by Gasteiger charge is -2.21. The van der Waals surface area contributed by atoms with Gasteiger partial charge in [-0.3, -0.25) is 4.79 Å². The van der Waals surface area contributed by atoms with E-state index in [0.29, 0.717) is 5.43 Å². The second-order valence-electron chi connectivity index (χ2n) is 6.63. The second-order valence-corrected chi connectivity index (χ2v) is 7.76. The third-order valence-corrected chi connectivity index (χ3v) is 6.36. The molecule has 2 nitrogen and oxygen atoms in total. The number of rotatable bonds is 2. The maximum absolute atomic E-state index is 10.7. The van der Waals surface area contributed by atoms with Crippen LogP contribution in [0.5, 0.6) is 5.75 Å². The largest absolute Gasteiger partial charge is 0.508 e. The molecule has 0 fully saturated rings. The summed E-state index contributed by atoms with van der Waals surface area (Å²) in [6, 6.07) is 13.5. The van der Waals surface area contributed by atoms with Crippen LogP contribution in [0.2, 0.25) is 0 Å². The van der Waals surface area contributed by atoms with Gasteiger partial charge in [0.15, 0.2) is 0 Å². The van der Waals surface area contributed by atoms with E-state index in [4.69, 9.17) is 0 Å². The van der Waals surface area contributed by atoms with Crippen LogP contribution in [0.4, 0.5) is 0 Å². The Labute approximate surface area is 145 Å². The van der Waals surface area contributed by atoms with Gasteiger partial charge in [-0.1, -0.05) is 31.5 Å². The Morgan fingerprint density at radius 1 is 1.12 bits per heavy atom. The fourth-order valence-corrected chi connectivity index (χ4v) is 4.98. The molecule has 0 saturated carbocycles. The van der Waals surface area contributed by atoms with E-state index in [0.717, 1.165) is 45.5 Å². The maximum Gasteiger partial charge on any atom is 0.352 e. The molecule has 3 heteroatoms. The van der Waals surface area contributed by atoms with Crippen LogP contribution in [0.15, 0.2) is 42.5 Å². The quantitative estimate of drug-likeness (QED) is 0.671. The van der Waals surface area contributed by atoms with Gasteiger partial charge < -0.3 is 5.11 Å². The highest BCUT2D eigenvalue weighted by Gasteiger charge is 2.24. The van der Waals surface area contributed by atoms with E-state index in [1.54, 1.807) is 12.1 Å². The highest BCUT2D eigenvalue weighted by Crippen LogP contribution is 2.33. The van der Waals surface area contributed by atoms with Crippen molar-refractivity contribution in [3.8, 4) is 16.9 Å². The lowest BCUT2D eigenvalue weighted by Crippen LogP contribution is -2.21. The summed E-state index contributed by atoms with van der Waals surface area (Å²) in [4.78, 5) is 12.1. The summed E-state index contributed by atoms with van der Waals surface area (Å²) in [6.07, 6.45) is 4.47. The third-order valence-electron chi connectivity index (χ3n) is 5.15. The molecule has 24 heavy (non-hydrogen) atoms. The Balaban J connectivity index is 1.85. The van der Waals surface area contributed by atoms with Gasteiger partial charge in [0.2, 0.25) is 0 Å². The molecule has 122 valence electrons. The predicted octanol–water partition coefficient (Wildman–Crippen LogP) is 4.79. The average Bonchev–Trinajstić information content (AvgIpc) is 2.61. The maximum atomic E-state index is 10.7. The molecule has 1 aliphatic carbocycles. The molecule has 1 aliphatic rings. The highest BCUT2D eigenvalue weighted by molar-refractivity contribution is 7.18. The van der Waals surface area contributed by atoms with Gasteiger partial charge in [-0.25, -0.2) is 0 Å². The van der Waals surface area contributed by atoms with Gasteiger partial charge in [0.1, 0.15) is 5.75 Å². The predicted molar refractivity (Wildman–Crippen MR) is 99.8 cm³/mol. The molecule has 0 amide bonds. The van der Waals surface area contributed by atoms with Gasteiger partial charge in [-0.2, -0.15) is 0 Å². The Morgan fingerprint density at radius 2 is 1.88 bits per heavy atom. The number of hydrogen-bond acceptors (Lipinski definition) is 2. The summed E-state index contributed by atoms with van der Waals surface area (Å²) in [5.74, 6) is 1.02. The van der Waals surface area contributed by atoms with E-state index in [9.17, 15) is 9.90 Å². The van der Waals surface area contributed by atoms with Crippen molar-refractivity contribution in [1.82, 2.24) is 0 Å². The van der Waals surface area contributed by atoms with Crippen molar-refractivity contribution in [2.45, 2.75) is 32.6 Å². The molecule has 2 N–H and O–H groups in total. The summed E-state index contributed by atoms with van der Waals surface area (Å²) >= 11 is 1.83. The minimum Gasteiger partial charge on any atom is -0.508 e. The average molecular weight is 337 g/mol. The Morgan fingerprint density at radius 3 is 2.62 bits per heavy atom. The number of fused-ring (bicyclic) bond motifs is 2. The molecule has 0 saturated heterocycles. The molecule has 0 bridgehead atoms. The lowest BCUT2D eigenvalue weighted by atomic mass is 9.86. The molecule has 0 spiro atoms. The van der Waals surface area contributed by atoms with Crippen molar-refractivity contribution >= 4 is 21.4 Å². The monoisotopic (exact) mass is 337 g/mol. The Kier molecular flexibility index (Phi) is 3.89. The normalized spacial score (nSPS) is 17.0. The van der Waals surface area contributed by atoms with Crippen LogP contribution in [-0.2, 0) is 12.8 Å². The fraction of sp³-hybridized carbons (Fsp3) is 0.286. The summed E-state index contributed by atoms with van der Waals surface area (Å²) in [5.41, 5.74) is 3.83. The molecule has 0 aliphatic heterocycles. The number of benzene rings is 2. The first-order valence-corrected chi connectivity index (χ1v) is 9.37. The van der Waals surface area contributed by atoms with Crippen molar-refractivity contribution in [2.75, 3.05) is 0 Å². The first-order valence-electron chi connectivity index (χ1n) is 8.55. The Bertz CT molecular complexity index is 954. The molecule has 2 aromatic carbocycles. The molecule has 1 atom stereocenters. The van der Waals surface area contributed by atoms with Crippen molar-refractivity contribution in [2.24, 2.45) is 5.92 Å². The summed E-state index contributed by atoms with van der Waals surface area (Å²) in [7, 11) is 0. The molecule has 4 rings (SSSR count). The standard InChI is InChI=1S/C21H20O2S/c1-2-13-3-9-17-19(11-13)24-20-12-15(6-10-18(20)21(17)23)14-4-7-16(22)8-5-14/h4-8,10,12-13,22H,2-3,9,11H2,1H3/p+1. The van der Waals surface area contributed by atoms with Crippen molar-refractivity contribution in [3.05, 3.63) is 58.3 Å². The molecular formula is C21H21O2S+. The van der Waals surface area contributed by atoms with Crippen LogP contribution in [0, 0.1) is 5.92 Å². The van der Waals surface area contributed by atoms with Crippen LogP contribution < -0.4 is 5.43 Å². The highest BCUT2D eigenvalue weighted by atomic mass is 32.1.